The highest BCUT2D eigenvalue weighted by Gasteiger charge is 2.12. The molecule has 4 aromatic carbocycles. The largest absolute Gasteiger partial charge is 0.497 e. The zero-order valence-electron chi connectivity index (χ0n) is 20.3. The molecular weight excluding hydrogens is 450 g/mol. The second-order valence-electron chi connectivity index (χ2n) is 8.59. The van der Waals surface area contributed by atoms with E-state index in [0.717, 1.165) is 41.0 Å². The van der Waals surface area contributed by atoms with Crippen LogP contribution in [0, 0.1) is 0 Å². The zero-order chi connectivity index (χ0) is 24.7. The second kappa shape index (κ2) is 11.0. The molecule has 36 heavy (non-hydrogen) atoms. The summed E-state index contributed by atoms with van der Waals surface area (Å²) in [6.45, 7) is 1.88. The summed E-state index contributed by atoms with van der Waals surface area (Å²) in [6.07, 6.45) is 1.47. The number of methoxy groups -OCH3 is 1. The minimum Gasteiger partial charge on any atom is -0.497 e. The summed E-state index contributed by atoms with van der Waals surface area (Å²) < 4.78 is 13.6. The number of aryl methyl sites for hydroxylation is 1. The molecule has 0 aliphatic carbocycles. The van der Waals surface area contributed by atoms with Crippen LogP contribution in [0.3, 0.4) is 0 Å². The average molecular weight is 480 g/mol. The maximum atomic E-state index is 12.6. The van der Waals surface area contributed by atoms with E-state index < -0.39 is 0 Å². The summed E-state index contributed by atoms with van der Waals surface area (Å²) in [5.41, 5.74) is 2.63. The molecule has 5 aromatic rings. The number of para-hydroxylation sites is 2. The van der Waals surface area contributed by atoms with Gasteiger partial charge in [-0.15, -0.1) is 0 Å². The smallest absolute Gasteiger partial charge is 0.251 e. The lowest BCUT2D eigenvalue weighted by atomic mass is 10.1. The lowest BCUT2D eigenvalue weighted by molar-refractivity contribution is 0.0953. The summed E-state index contributed by atoms with van der Waals surface area (Å²) >= 11 is 0. The molecule has 1 aromatic heterocycles. The lowest BCUT2D eigenvalue weighted by Gasteiger charge is -2.12. The first-order valence-electron chi connectivity index (χ1n) is 12.2. The number of rotatable bonds is 10. The molecule has 0 atom stereocenters. The fourth-order valence-electron chi connectivity index (χ4n) is 4.45. The predicted octanol–water partition coefficient (Wildman–Crippen LogP) is 5.64. The molecule has 0 saturated carbocycles. The van der Waals surface area contributed by atoms with Crippen LogP contribution < -0.4 is 14.8 Å². The minimum atomic E-state index is -0.125. The minimum absolute atomic E-state index is 0.125. The molecule has 0 spiro atoms. The van der Waals surface area contributed by atoms with Crippen LogP contribution in [0.25, 0.3) is 21.8 Å². The number of hydrogen-bond acceptors (Lipinski definition) is 4. The molecule has 5 rings (SSSR count). The Morgan fingerprint density at radius 1 is 0.944 bits per heavy atom. The first-order valence-corrected chi connectivity index (χ1v) is 12.2. The molecule has 0 radical (unpaired) electrons. The molecule has 6 nitrogen and oxygen atoms in total. The Morgan fingerprint density at radius 3 is 2.67 bits per heavy atom. The van der Waals surface area contributed by atoms with Gasteiger partial charge in [0.15, 0.2) is 0 Å². The van der Waals surface area contributed by atoms with Gasteiger partial charge < -0.3 is 19.4 Å². The number of hydrogen-bond donors (Lipinski definition) is 1. The first kappa shape index (κ1) is 23.4. The van der Waals surface area contributed by atoms with Crippen LogP contribution >= 0.6 is 0 Å². The number of nitrogens with zero attached hydrogens (tertiary/aromatic N) is 2. The van der Waals surface area contributed by atoms with Crippen molar-refractivity contribution in [2.24, 2.45) is 0 Å². The Morgan fingerprint density at radius 2 is 1.75 bits per heavy atom. The number of aromatic nitrogens is 2. The van der Waals surface area contributed by atoms with Crippen molar-refractivity contribution in [3.63, 3.8) is 0 Å². The van der Waals surface area contributed by atoms with Gasteiger partial charge in [-0.2, -0.15) is 0 Å². The van der Waals surface area contributed by atoms with Crippen LogP contribution in [0.5, 0.6) is 11.5 Å². The van der Waals surface area contributed by atoms with E-state index in [9.17, 15) is 4.79 Å². The van der Waals surface area contributed by atoms with Crippen LogP contribution in [-0.2, 0) is 13.0 Å². The molecule has 0 fully saturated rings. The highest BCUT2D eigenvalue weighted by Crippen LogP contribution is 2.25. The molecule has 6 heteroatoms. The van der Waals surface area contributed by atoms with Crippen molar-refractivity contribution in [3.05, 3.63) is 102 Å². The zero-order valence-corrected chi connectivity index (χ0v) is 20.3. The summed E-state index contributed by atoms with van der Waals surface area (Å²) in [5, 5.41) is 5.30. The van der Waals surface area contributed by atoms with Crippen LogP contribution in [-0.4, -0.2) is 35.7 Å². The van der Waals surface area contributed by atoms with Crippen molar-refractivity contribution in [2.75, 3.05) is 20.3 Å². The number of carbonyl (C=O) groups is 1. The van der Waals surface area contributed by atoms with Crippen molar-refractivity contribution in [2.45, 2.75) is 19.4 Å². The van der Waals surface area contributed by atoms with E-state index in [-0.39, 0.29) is 5.91 Å². The third-order valence-corrected chi connectivity index (χ3v) is 6.23. The quantitative estimate of drug-likeness (QED) is 0.263. The number of amides is 1. The van der Waals surface area contributed by atoms with E-state index in [1.54, 1.807) is 19.2 Å². The highest BCUT2D eigenvalue weighted by atomic mass is 16.5. The van der Waals surface area contributed by atoms with E-state index in [2.05, 4.69) is 34.1 Å². The molecule has 1 amide bonds. The Balaban J connectivity index is 1.23. The number of benzene rings is 4. The van der Waals surface area contributed by atoms with Crippen molar-refractivity contribution in [3.8, 4) is 11.5 Å². The number of imidazole rings is 1. The summed E-state index contributed by atoms with van der Waals surface area (Å²) in [4.78, 5) is 17.4. The van der Waals surface area contributed by atoms with Gasteiger partial charge in [-0.1, -0.05) is 54.6 Å². The first-order chi connectivity index (χ1) is 17.7. The van der Waals surface area contributed by atoms with Crippen molar-refractivity contribution < 1.29 is 14.3 Å². The van der Waals surface area contributed by atoms with Gasteiger partial charge in [0.05, 0.1) is 24.8 Å². The van der Waals surface area contributed by atoms with Crippen LogP contribution in [0.4, 0.5) is 0 Å². The molecule has 0 aliphatic heterocycles. The van der Waals surface area contributed by atoms with Gasteiger partial charge in [0, 0.05) is 30.5 Å². The van der Waals surface area contributed by atoms with Gasteiger partial charge in [0.25, 0.3) is 5.91 Å². The standard InChI is InChI=1S/C30H29N3O3/c1-35-24-12-6-11-23(21-24)30(34)31-18-17-29-32-26-14-4-5-15-27(26)33(29)19-8-20-36-28-16-7-10-22-9-2-3-13-25(22)28/h2-7,9-16,21H,8,17-20H2,1H3,(H,31,34). The number of carbonyl (C=O) groups excluding carboxylic acids is 1. The fourth-order valence-corrected chi connectivity index (χ4v) is 4.45. The number of fused-ring (bicyclic) bond motifs is 2. The molecule has 0 saturated heterocycles. The van der Waals surface area contributed by atoms with Crippen molar-refractivity contribution in [1.29, 1.82) is 0 Å². The molecule has 182 valence electrons. The van der Waals surface area contributed by atoms with Gasteiger partial charge in [0.2, 0.25) is 0 Å². The maximum Gasteiger partial charge on any atom is 0.251 e. The topological polar surface area (TPSA) is 65.4 Å². The molecule has 1 heterocycles. The van der Waals surface area contributed by atoms with Crippen LogP contribution in [0.15, 0.2) is 91.0 Å². The van der Waals surface area contributed by atoms with E-state index in [1.807, 2.05) is 54.6 Å². The number of nitrogens with one attached hydrogen (secondary N) is 1. The monoisotopic (exact) mass is 479 g/mol. The van der Waals surface area contributed by atoms with Crippen molar-refractivity contribution in [1.82, 2.24) is 14.9 Å². The lowest BCUT2D eigenvalue weighted by Crippen LogP contribution is -2.26. The van der Waals surface area contributed by atoms with Gasteiger partial charge in [-0.05, 0) is 48.2 Å². The van der Waals surface area contributed by atoms with E-state index in [4.69, 9.17) is 14.5 Å². The van der Waals surface area contributed by atoms with Crippen molar-refractivity contribution >= 4 is 27.7 Å². The second-order valence-corrected chi connectivity index (χ2v) is 8.59. The summed E-state index contributed by atoms with van der Waals surface area (Å²) in [7, 11) is 1.59. The van der Waals surface area contributed by atoms with E-state index in [0.29, 0.717) is 30.9 Å². The Bertz CT molecular complexity index is 1490. The SMILES string of the molecule is COc1cccc(C(=O)NCCc2nc3ccccc3n2CCCOc2cccc3ccccc23)c1. The van der Waals surface area contributed by atoms with Gasteiger partial charge in [-0.25, -0.2) is 4.98 Å². The maximum absolute atomic E-state index is 12.6. The third kappa shape index (κ3) is 5.18. The van der Waals surface area contributed by atoms with E-state index in [1.165, 1.54) is 5.39 Å². The van der Waals surface area contributed by atoms with Gasteiger partial charge in [0.1, 0.15) is 17.3 Å². The van der Waals surface area contributed by atoms with Gasteiger partial charge >= 0.3 is 0 Å². The molecular formula is C30H29N3O3. The van der Waals surface area contributed by atoms with Crippen LogP contribution in [0.2, 0.25) is 0 Å². The summed E-state index contributed by atoms with van der Waals surface area (Å²) in [6, 6.07) is 29.7. The number of ether oxygens (including phenoxy) is 2. The molecule has 0 aliphatic rings. The Labute approximate surface area is 210 Å². The normalized spacial score (nSPS) is 11.0. The molecule has 1 N–H and O–H groups in total. The highest BCUT2D eigenvalue weighted by molar-refractivity contribution is 5.94. The van der Waals surface area contributed by atoms with Crippen LogP contribution in [0.1, 0.15) is 22.6 Å². The fraction of sp³-hybridized carbons (Fsp3) is 0.200. The average Bonchev–Trinajstić information content (AvgIpc) is 3.28. The third-order valence-electron chi connectivity index (χ3n) is 6.23. The molecule has 0 bridgehead atoms. The van der Waals surface area contributed by atoms with Gasteiger partial charge in [-0.3, -0.25) is 4.79 Å². The summed E-state index contributed by atoms with van der Waals surface area (Å²) in [5.74, 6) is 2.39. The van der Waals surface area contributed by atoms with E-state index >= 15 is 0 Å². The Hall–Kier alpha value is -4.32. The predicted molar refractivity (Wildman–Crippen MR) is 143 cm³/mol. The molecule has 0 unspecified atom stereocenters. The Kier molecular flexibility index (Phi) is 7.12.